The molecule has 3 aromatic heterocycles. The van der Waals surface area contributed by atoms with Gasteiger partial charge in [0, 0.05) is 38.1 Å². The van der Waals surface area contributed by atoms with Crippen molar-refractivity contribution in [3.05, 3.63) is 35.9 Å². The maximum Gasteiger partial charge on any atom is 0.252 e. The minimum Gasteiger partial charge on any atom is -0.365 e. The first-order chi connectivity index (χ1) is 12.7. The lowest BCUT2D eigenvalue weighted by Gasteiger charge is -2.36. The van der Waals surface area contributed by atoms with E-state index in [0.29, 0.717) is 17.0 Å². The number of pyridine rings is 1. The number of aryl methyl sites for hydroxylation is 1. The summed E-state index contributed by atoms with van der Waals surface area (Å²) in [7, 11) is 0. The molecule has 9 heteroatoms. The molecule has 26 heavy (non-hydrogen) atoms. The Kier molecular flexibility index (Phi) is 4.11. The van der Waals surface area contributed by atoms with E-state index >= 15 is 0 Å². The number of piperazine rings is 1. The SMILES string of the molecule is CCc1[nH]nc2ncnc(N3CCN(c4ncccc4C(N)=O)CC3)c12. The summed E-state index contributed by atoms with van der Waals surface area (Å²) < 4.78 is 0. The summed E-state index contributed by atoms with van der Waals surface area (Å²) in [4.78, 5) is 29.1. The summed E-state index contributed by atoms with van der Waals surface area (Å²) >= 11 is 0. The van der Waals surface area contributed by atoms with E-state index in [4.69, 9.17) is 5.73 Å². The molecule has 0 unspecified atom stereocenters. The number of anilines is 2. The molecule has 4 rings (SSSR count). The highest BCUT2D eigenvalue weighted by molar-refractivity contribution is 5.97. The van der Waals surface area contributed by atoms with Crippen LogP contribution in [0.25, 0.3) is 11.0 Å². The normalized spacial score (nSPS) is 14.8. The summed E-state index contributed by atoms with van der Waals surface area (Å²) in [5, 5.41) is 8.30. The van der Waals surface area contributed by atoms with Crippen molar-refractivity contribution in [2.45, 2.75) is 13.3 Å². The molecule has 1 aliphatic rings. The van der Waals surface area contributed by atoms with Gasteiger partial charge in [-0.3, -0.25) is 9.89 Å². The Morgan fingerprint density at radius 2 is 1.88 bits per heavy atom. The Morgan fingerprint density at radius 3 is 2.58 bits per heavy atom. The largest absolute Gasteiger partial charge is 0.365 e. The van der Waals surface area contributed by atoms with E-state index in [1.807, 2.05) is 0 Å². The van der Waals surface area contributed by atoms with Crippen LogP contribution in [0.3, 0.4) is 0 Å². The summed E-state index contributed by atoms with van der Waals surface area (Å²) in [6.07, 6.45) is 4.07. The zero-order valence-corrected chi connectivity index (χ0v) is 14.5. The highest BCUT2D eigenvalue weighted by atomic mass is 16.1. The molecule has 0 saturated carbocycles. The van der Waals surface area contributed by atoms with Crippen molar-refractivity contribution < 1.29 is 4.79 Å². The molecule has 4 heterocycles. The van der Waals surface area contributed by atoms with Gasteiger partial charge in [-0.05, 0) is 18.6 Å². The van der Waals surface area contributed by atoms with Crippen LogP contribution < -0.4 is 15.5 Å². The summed E-state index contributed by atoms with van der Waals surface area (Å²) in [6, 6.07) is 3.44. The molecule has 1 aliphatic heterocycles. The van der Waals surface area contributed by atoms with E-state index in [0.717, 1.165) is 49.5 Å². The van der Waals surface area contributed by atoms with Crippen molar-refractivity contribution >= 4 is 28.6 Å². The van der Waals surface area contributed by atoms with Crippen LogP contribution in [0.4, 0.5) is 11.6 Å². The highest BCUT2D eigenvalue weighted by Crippen LogP contribution is 2.27. The second kappa shape index (κ2) is 6.58. The predicted octanol–water partition coefficient (Wildman–Crippen LogP) is 0.736. The Bertz CT molecular complexity index is 945. The van der Waals surface area contributed by atoms with Crippen molar-refractivity contribution in [1.29, 1.82) is 0 Å². The third-order valence-corrected chi connectivity index (χ3v) is 4.69. The fourth-order valence-electron chi connectivity index (χ4n) is 3.37. The van der Waals surface area contributed by atoms with Gasteiger partial charge in [0.15, 0.2) is 5.65 Å². The number of nitrogens with one attached hydrogen (secondary N) is 1. The monoisotopic (exact) mass is 352 g/mol. The molecule has 134 valence electrons. The molecule has 1 fully saturated rings. The maximum absolute atomic E-state index is 11.7. The van der Waals surface area contributed by atoms with Crippen molar-refractivity contribution in [2.75, 3.05) is 36.0 Å². The fourth-order valence-corrected chi connectivity index (χ4v) is 3.37. The first-order valence-electron chi connectivity index (χ1n) is 8.61. The van der Waals surface area contributed by atoms with Crippen LogP contribution in [0.15, 0.2) is 24.7 Å². The molecule has 3 aromatic rings. The minimum absolute atomic E-state index is 0.452. The van der Waals surface area contributed by atoms with E-state index in [1.165, 1.54) is 0 Å². The number of rotatable bonds is 4. The van der Waals surface area contributed by atoms with E-state index in [2.05, 4.69) is 41.9 Å². The molecule has 0 bridgehead atoms. The number of fused-ring (bicyclic) bond motifs is 1. The first kappa shape index (κ1) is 16.2. The molecule has 0 atom stereocenters. The zero-order valence-electron chi connectivity index (χ0n) is 14.5. The molecular formula is C17H20N8O. The number of aromatic nitrogens is 5. The van der Waals surface area contributed by atoms with Gasteiger partial charge in [-0.1, -0.05) is 6.92 Å². The standard InChI is InChI=1S/C17H20N8O/c1-2-12-13-15(23-22-12)20-10-21-17(13)25-8-6-24(7-9-25)16-11(14(18)26)4-3-5-19-16/h3-5,10H,2,6-9H2,1H3,(H2,18,26)(H,20,21,22,23). The highest BCUT2D eigenvalue weighted by Gasteiger charge is 2.24. The average Bonchev–Trinajstić information content (AvgIpc) is 3.11. The van der Waals surface area contributed by atoms with Crippen molar-refractivity contribution in [2.24, 2.45) is 5.73 Å². The van der Waals surface area contributed by atoms with Crippen LogP contribution in [-0.4, -0.2) is 57.2 Å². The molecule has 1 saturated heterocycles. The van der Waals surface area contributed by atoms with Crippen LogP contribution in [0, 0.1) is 0 Å². The Labute approximate surface area is 150 Å². The van der Waals surface area contributed by atoms with E-state index in [1.54, 1.807) is 24.7 Å². The third-order valence-electron chi connectivity index (χ3n) is 4.69. The van der Waals surface area contributed by atoms with Gasteiger partial charge < -0.3 is 15.5 Å². The second-order valence-corrected chi connectivity index (χ2v) is 6.16. The number of primary amides is 1. The van der Waals surface area contributed by atoms with Gasteiger partial charge in [0.1, 0.15) is 18.0 Å². The lowest BCUT2D eigenvalue weighted by atomic mass is 10.2. The predicted molar refractivity (Wildman–Crippen MR) is 98.2 cm³/mol. The molecule has 0 spiro atoms. The van der Waals surface area contributed by atoms with E-state index in [9.17, 15) is 4.79 Å². The van der Waals surface area contributed by atoms with E-state index < -0.39 is 5.91 Å². The molecular weight excluding hydrogens is 332 g/mol. The Morgan fingerprint density at radius 1 is 1.15 bits per heavy atom. The molecule has 9 nitrogen and oxygen atoms in total. The minimum atomic E-state index is -0.459. The quantitative estimate of drug-likeness (QED) is 0.711. The number of nitrogens with zero attached hydrogens (tertiary/aromatic N) is 6. The Hall–Kier alpha value is -3.23. The van der Waals surface area contributed by atoms with Crippen LogP contribution in [0.1, 0.15) is 23.0 Å². The lowest BCUT2D eigenvalue weighted by Crippen LogP contribution is -2.47. The molecule has 0 aliphatic carbocycles. The summed E-state index contributed by atoms with van der Waals surface area (Å²) in [6.45, 7) is 5.04. The maximum atomic E-state index is 11.7. The van der Waals surface area contributed by atoms with Gasteiger partial charge in [0.05, 0.1) is 10.9 Å². The summed E-state index contributed by atoms with van der Waals surface area (Å²) in [5.74, 6) is 1.08. The summed E-state index contributed by atoms with van der Waals surface area (Å²) in [5.41, 5.74) is 7.66. The molecule has 0 aromatic carbocycles. The van der Waals surface area contributed by atoms with Gasteiger partial charge in [-0.2, -0.15) is 5.10 Å². The number of nitrogens with two attached hydrogens (primary N) is 1. The number of carbonyl (C=O) groups excluding carboxylic acids is 1. The lowest BCUT2D eigenvalue weighted by molar-refractivity contribution is 0.100. The zero-order chi connectivity index (χ0) is 18.1. The van der Waals surface area contributed by atoms with Gasteiger partial charge in [-0.25, -0.2) is 15.0 Å². The molecule has 0 radical (unpaired) electrons. The van der Waals surface area contributed by atoms with Crippen LogP contribution in [-0.2, 0) is 6.42 Å². The fraction of sp³-hybridized carbons (Fsp3) is 0.353. The van der Waals surface area contributed by atoms with E-state index in [-0.39, 0.29) is 0 Å². The van der Waals surface area contributed by atoms with Gasteiger partial charge in [0.2, 0.25) is 0 Å². The number of hydrogen-bond acceptors (Lipinski definition) is 7. The van der Waals surface area contributed by atoms with Gasteiger partial charge in [-0.15, -0.1) is 0 Å². The van der Waals surface area contributed by atoms with Crippen molar-refractivity contribution in [3.63, 3.8) is 0 Å². The van der Waals surface area contributed by atoms with Crippen molar-refractivity contribution in [1.82, 2.24) is 25.1 Å². The number of hydrogen-bond donors (Lipinski definition) is 2. The first-order valence-corrected chi connectivity index (χ1v) is 8.61. The second-order valence-electron chi connectivity index (χ2n) is 6.16. The van der Waals surface area contributed by atoms with Crippen LogP contribution in [0.2, 0.25) is 0 Å². The molecule has 1 amide bonds. The number of H-pyrrole nitrogens is 1. The topological polar surface area (TPSA) is 117 Å². The number of aromatic amines is 1. The van der Waals surface area contributed by atoms with Crippen molar-refractivity contribution in [3.8, 4) is 0 Å². The third kappa shape index (κ3) is 2.71. The number of amides is 1. The van der Waals surface area contributed by atoms with Crippen LogP contribution in [0.5, 0.6) is 0 Å². The van der Waals surface area contributed by atoms with Gasteiger partial charge in [0.25, 0.3) is 5.91 Å². The number of carbonyl (C=O) groups is 1. The van der Waals surface area contributed by atoms with Crippen LogP contribution >= 0.6 is 0 Å². The Balaban J connectivity index is 1.58. The molecule has 3 N–H and O–H groups in total. The van der Waals surface area contributed by atoms with Gasteiger partial charge >= 0.3 is 0 Å². The average molecular weight is 352 g/mol. The smallest absolute Gasteiger partial charge is 0.252 e.